The van der Waals surface area contributed by atoms with Gasteiger partial charge in [0.25, 0.3) is 0 Å². The molecule has 0 fully saturated rings. The van der Waals surface area contributed by atoms with Crippen LogP contribution in [0.2, 0.25) is 0 Å². The Morgan fingerprint density at radius 2 is 2.00 bits per heavy atom. The van der Waals surface area contributed by atoms with Gasteiger partial charge >= 0.3 is 0 Å². The zero-order chi connectivity index (χ0) is 19.4. The number of anilines is 2. The van der Waals surface area contributed by atoms with Gasteiger partial charge in [0.2, 0.25) is 17.8 Å². The lowest BCUT2D eigenvalue weighted by Gasteiger charge is -2.38. The minimum absolute atomic E-state index is 0. The summed E-state index contributed by atoms with van der Waals surface area (Å²) in [5, 5.41) is 2.83. The van der Waals surface area contributed by atoms with Crippen LogP contribution in [-0.4, -0.2) is 28.5 Å². The number of guanidine groups is 2. The molecule has 1 aromatic carbocycles. The Bertz CT molecular complexity index is 896. The zero-order valence-corrected chi connectivity index (χ0v) is 17.5. The standard InChI is InChI=1S/C19H23N7O.BrH/c1-19(2)25-17(20)24-18(21)26(19)15-7-3-5-13(11-15)8-9-16(27)23-14-6-4-10-22-12-14;/h3-7,10-12H,8-9H2,1-2H3,(H,23,27)(H4,20,21,24,25);1H. The fourth-order valence-corrected chi connectivity index (χ4v) is 3.02. The fourth-order valence-electron chi connectivity index (χ4n) is 3.02. The zero-order valence-electron chi connectivity index (χ0n) is 15.8. The van der Waals surface area contributed by atoms with Crippen molar-refractivity contribution in [3.8, 4) is 0 Å². The van der Waals surface area contributed by atoms with Gasteiger partial charge in [-0.15, -0.1) is 17.0 Å². The summed E-state index contributed by atoms with van der Waals surface area (Å²) in [4.78, 5) is 26.4. The van der Waals surface area contributed by atoms with Crippen molar-refractivity contribution in [2.24, 2.45) is 21.5 Å². The summed E-state index contributed by atoms with van der Waals surface area (Å²) >= 11 is 0. The molecule has 28 heavy (non-hydrogen) atoms. The first kappa shape index (κ1) is 21.4. The van der Waals surface area contributed by atoms with Crippen LogP contribution in [0, 0.1) is 0 Å². The van der Waals surface area contributed by atoms with Gasteiger partial charge in [0.05, 0.1) is 11.9 Å². The minimum Gasteiger partial charge on any atom is -0.369 e. The second-order valence-electron chi connectivity index (χ2n) is 6.73. The van der Waals surface area contributed by atoms with Gasteiger partial charge in [-0.3, -0.25) is 14.7 Å². The number of benzene rings is 1. The molecule has 1 amide bonds. The first-order valence-electron chi connectivity index (χ1n) is 8.64. The number of hydrogen-bond donors (Lipinski definition) is 3. The normalized spacial score (nSPS) is 15.1. The molecule has 0 radical (unpaired) electrons. The van der Waals surface area contributed by atoms with Crippen molar-refractivity contribution >= 4 is 46.2 Å². The van der Waals surface area contributed by atoms with Crippen LogP contribution in [0.15, 0.2) is 58.8 Å². The average molecular weight is 446 g/mol. The maximum atomic E-state index is 12.1. The van der Waals surface area contributed by atoms with Crippen LogP contribution in [0.1, 0.15) is 25.8 Å². The number of aromatic nitrogens is 1. The largest absolute Gasteiger partial charge is 0.369 e. The van der Waals surface area contributed by atoms with Gasteiger partial charge in [-0.1, -0.05) is 12.1 Å². The molecule has 0 bridgehead atoms. The fraction of sp³-hybridized carbons (Fsp3) is 0.263. The number of aliphatic imine (C=N–C) groups is 2. The minimum atomic E-state index is -0.647. The summed E-state index contributed by atoms with van der Waals surface area (Å²) in [6, 6.07) is 11.4. The van der Waals surface area contributed by atoms with E-state index < -0.39 is 5.66 Å². The van der Waals surface area contributed by atoms with Crippen molar-refractivity contribution in [3.05, 3.63) is 54.4 Å². The highest BCUT2D eigenvalue weighted by atomic mass is 79.9. The van der Waals surface area contributed by atoms with Gasteiger partial charge in [-0.2, -0.15) is 4.99 Å². The third-order valence-corrected chi connectivity index (χ3v) is 4.15. The monoisotopic (exact) mass is 445 g/mol. The van der Waals surface area contributed by atoms with Gasteiger partial charge in [-0.05, 0) is 50.1 Å². The van der Waals surface area contributed by atoms with Crippen LogP contribution in [0.3, 0.4) is 0 Å². The number of nitrogens with one attached hydrogen (secondary N) is 1. The third-order valence-electron chi connectivity index (χ3n) is 4.15. The molecule has 148 valence electrons. The Labute approximate surface area is 174 Å². The number of halogens is 1. The van der Waals surface area contributed by atoms with Crippen LogP contribution in [-0.2, 0) is 11.2 Å². The summed E-state index contributed by atoms with van der Waals surface area (Å²) < 4.78 is 0. The Morgan fingerprint density at radius 3 is 2.68 bits per heavy atom. The van der Waals surface area contributed by atoms with Gasteiger partial charge in [-0.25, -0.2) is 4.99 Å². The molecule has 0 saturated heterocycles. The van der Waals surface area contributed by atoms with Crippen molar-refractivity contribution in [1.29, 1.82) is 0 Å². The van der Waals surface area contributed by atoms with Crippen LogP contribution in [0.25, 0.3) is 0 Å². The summed E-state index contributed by atoms with van der Waals surface area (Å²) in [7, 11) is 0. The molecule has 2 aromatic rings. The highest BCUT2D eigenvalue weighted by Crippen LogP contribution is 2.28. The summed E-state index contributed by atoms with van der Waals surface area (Å²) in [5.74, 6) is 0.390. The Kier molecular flexibility index (Phi) is 6.74. The number of pyridine rings is 1. The van der Waals surface area contributed by atoms with E-state index in [9.17, 15) is 4.79 Å². The summed E-state index contributed by atoms with van der Waals surface area (Å²) in [6.07, 6.45) is 4.23. The van der Waals surface area contributed by atoms with E-state index in [1.165, 1.54) is 0 Å². The SMILES string of the molecule is Br.CC1(C)N=C(N)N=C(N)N1c1cccc(CCC(=O)Nc2cccnc2)c1. The molecule has 0 aliphatic carbocycles. The molecule has 9 heteroatoms. The molecule has 1 aliphatic rings. The van der Waals surface area contributed by atoms with E-state index >= 15 is 0 Å². The van der Waals surface area contributed by atoms with Crippen molar-refractivity contribution in [2.45, 2.75) is 32.4 Å². The average Bonchev–Trinajstić information content (AvgIpc) is 2.59. The van der Waals surface area contributed by atoms with Gasteiger partial charge in [0, 0.05) is 18.3 Å². The van der Waals surface area contributed by atoms with E-state index in [-0.39, 0.29) is 28.8 Å². The van der Waals surface area contributed by atoms with Gasteiger partial charge in [0.1, 0.15) is 5.66 Å². The van der Waals surface area contributed by atoms with E-state index in [2.05, 4.69) is 20.3 Å². The predicted octanol–water partition coefficient (Wildman–Crippen LogP) is 2.42. The lowest BCUT2D eigenvalue weighted by molar-refractivity contribution is -0.116. The van der Waals surface area contributed by atoms with Crippen molar-refractivity contribution in [3.63, 3.8) is 0 Å². The maximum Gasteiger partial charge on any atom is 0.224 e. The summed E-state index contributed by atoms with van der Waals surface area (Å²) in [6.45, 7) is 3.82. The lowest BCUT2D eigenvalue weighted by Crippen LogP contribution is -2.54. The number of carbonyl (C=O) groups is 1. The van der Waals surface area contributed by atoms with Gasteiger partial charge < -0.3 is 16.8 Å². The van der Waals surface area contributed by atoms with Crippen molar-refractivity contribution in [2.75, 3.05) is 10.2 Å². The van der Waals surface area contributed by atoms with E-state index in [0.29, 0.717) is 24.5 Å². The molecule has 0 unspecified atom stereocenters. The van der Waals surface area contributed by atoms with Crippen molar-refractivity contribution in [1.82, 2.24) is 4.98 Å². The van der Waals surface area contributed by atoms with E-state index in [4.69, 9.17) is 11.5 Å². The smallest absolute Gasteiger partial charge is 0.224 e. The molecule has 0 atom stereocenters. The molecule has 0 spiro atoms. The third kappa shape index (κ3) is 5.07. The highest BCUT2D eigenvalue weighted by molar-refractivity contribution is 8.93. The first-order valence-corrected chi connectivity index (χ1v) is 8.64. The number of nitrogens with two attached hydrogens (primary N) is 2. The molecular weight excluding hydrogens is 422 g/mol. The molecule has 8 nitrogen and oxygen atoms in total. The topological polar surface area (TPSA) is 122 Å². The number of carbonyl (C=O) groups excluding carboxylic acids is 1. The molecule has 0 saturated carbocycles. The summed E-state index contributed by atoms with van der Waals surface area (Å²) in [5.41, 5.74) is 13.7. The number of hydrogen-bond acceptors (Lipinski definition) is 7. The number of aryl methyl sites for hydroxylation is 1. The Morgan fingerprint density at radius 1 is 1.21 bits per heavy atom. The van der Waals surface area contributed by atoms with Crippen LogP contribution in [0.5, 0.6) is 0 Å². The number of nitrogens with zero attached hydrogens (tertiary/aromatic N) is 4. The second kappa shape index (κ2) is 8.83. The van der Waals surface area contributed by atoms with Crippen LogP contribution >= 0.6 is 17.0 Å². The number of rotatable bonds is 5. The second-order valence-corrected chi connectivity index (χ2v) is 6.73. The molecule has 3 rings (SSSR count). The van der Waals surface area contributed by atoms with E-state index in [0.717, 1.165) is 11.3 Å². The molecule has 5 N–H and O–H groups in total. The lowest BCUT2D eigenvalue weighted by atomic mass is 10.1. The highest BCUT2D eigenvalue weighted by Gasteiger charge is 2.32. The molecule has 1 aromatic heterocycles. The Balaban J connectivity index is 0.00000280. The Hall–Kier alpha value is -2.94. The van der Waals surface area contributed by atoms with Gasteiger partial charge in [0.15, 0.2) is 0 Å². The number of amides is 1. The first-order chi connectivity index (χ1) is 12.8. The molecule has 2 heterocycles. The predicted molar refractivity (Wildman–Crippen MR) is 118 cm³/mol. The molecular formula is C19H24BrN7O. The van der Waals surface area contributed by atoms with Crippen molar-refractivity contribution < 1.29 is 4.79 Å². The molecule has 1 aliphatic heterocycles. The van der Waals surface area contributed by atoms with Crippen LogP contribution < -0.4 is 21.7 Å². The van der Waals surface area contributed by atoms with E-state index in [1.54, 1.807) is 24.5 Å². The van der Waals surface area contributed by atoms with E-state index in [1.807, 2.05) is 43.0 Å². The quantitative estimate of drug-likeness (QED) is 0.651. The maximum absolute atomic E-state index is 12.1. The van der Waals surface area contributed by atoms with Crippen LogP contribution in [0.4, 0.5) is 11.4 Å².